The van der Waals surface area contributed by atoms with Gasteiger partial charge in [0.2, 0.25) is 0 Å². The molecule has 1 aromatic carbocycles. The minimum atomic E-state index is 0.279. The fraction of sp³-hybridized carbons (Fsp3) is 0.375. The van der Waals surface area contributed by atoms with E-state index in [2.05, 4.69) is 78.6 Å². The van der Waals surface area contributed by atoms with Crippen molar-refractivity contribution in [2.45, 2.75) is 39.4 Å². The summed E-state index contributed by atoms with van der Waals surface area (Å²) in [7, 11) is 0. The average Bonchev–Trinajstić information content (AvgIpc) is 2.81. The lowest BCUT2D eigenvalue weighted by molar-refractivity contribution is 1.07. The van der Waals surface area contributed by atoms with E-state index in [0.717, 1.165) is 0 Å². The molecule has 2 aromatic rings. The molecule has 1 heterocycles. The summed E-state index contributed by atoms with van der Waals surface area (Å²) in [6.07, 6.45) is 0. The van der Waals surface area contributed by atoms with Crippen LogP contribution in [0.25, 0.3) is 0 Å². The summed E-state index contributed by atoms with van der Waals surface area (Å²) in [5.74, 6) is 0. The van der Waals surface area contributed by atoms with E-state index in [1.54, 1.807) is 11.3 Å². The fourth-order valence-electron chi connectivity index (χ4n) is 2.52. The molecular formula is C16H18Br2S. The molecule has 1 aromatic heterocycles. The SMILES string of the molecule is Cc1c(C)c(C)c(C(Br)c2ccc(Br)s2)c(C)c1C. The van der Waals surface area contributed by atoms with Gasteiger partial charge in [-0.15, -0.1) is 11.3 Å². The summed E-state index contributed by atoms with van der Waals surface area (Å²) in [5.41, 5.74) is 8.50. The van der Waals surface area contributed by atoms with E-state index in [9.17, 15) is 0 Å². The highest BCUT2D eigenvalue weighted by atomic mass is 79.9. The number of halogens is 2. The smallest absolute Gasteiger partial charge is 0.0743 e. The fourth-order valence-corrected chi connectivity index (χ4v) is 5.05. The Morgan fingerprint density at radius 2 is 1.32 bits per heavy atom. The van der Waals surface area contributed by atoms with Gasteiger partial charge in [-0.25, -0.2) is 0 Å². The van der Waals surface area contributed by atoms with Crippen LogP contribution in [0.2, 0.25) is 0 Å². The van der Waals surface area contributed by atoms with Gasteiger partial charge in [-0.3, -0.25) is 0 Å². The molecule has 0 bridgehead atoms. The van der Waals surface area contributed by atoms with Gasteiger partial charge >= 0.3 is 0 Å². The van der Waals surface area contributed by atoms with E-state index in [0.29, 0.717) is 0 Å². The Hall–Kier alpha value is -0.120. The first-order valence-electron chi connectivity index (χ1n) is 6.30. The third-order valence-corrected chi connectivity index (χ3v) is 7.10. The first-order valence-corrected chi connectivity index (χ1v) is 8.83. The van der Waals surface area contributed by atoms with Crippen LogP contribution in [0.3, 0.4) is 0 Å². The van der Waals surface area contributed by atoms with E-state index in [-0.39, 0.29) is 4.83 Å². The molecule has 0 amide bonds. The van der Waals surface area contributed by atoms with E-state index in [1.165, 1.54) is 42.0 Å². The summed E-state index contributed by atoms with van der Waals surface area (Å²) in [4.78, 5) is 1.63. The highest BCUT2D eigenvalue weighted by molar-refractivity contribution is 9.11. The zero-order valence-electron chi connectivity index (χ0n) is 11.9. The Balaban J connectivity index is 2.63. The molecule has 0 fully saturated rings. The second-order valence-electron chi connectivity index (χ2n) is 5.04. The molecule has 0 aliphatic carbocycles. The lowest BCUT2D eigenvalue weighted by atomic mass is 9.88. The lowest BCUT2D eigenvalue weighted by Gasteiger charge is -2.21. The van der Waals surface area contributed by atoms with Crippen molar-refractivity contribution in [2.75, 3.05) is 0 Å². The third kappa shape index (κ3) is 2.70. The molecule has 3 heteroatoms. The number of hydrogen-bond acceptors (Lipinski definition) is 1. The largest absolute Gasteiger partial charge is 0.132 e. The van der Waals surface area contributed by atoms with Crippen molar-refractivity contribution in [1.29, 1.82) is 0 Å². The maximum Gasteiger partial charge on any atom is 0.0743 e. The lowest BCUT2D eigenvalue weighted by Crippen LogP contribution is -2.04. The molecule has 0 N–H and O–H groups in total. The maximum absolute atomic E-state index is 3.89. The second kappa shape index (κ2) is 5.71. The number of alkyl halides is 1. The zero-order chi connectivity index (χ0) is 14.3. The van der Waals surface area contributed by atoms with Crippen molar-refractivity contribution in [2.24, 2.45) is 0 Å². The van der Waals surface area contributed by atoms with Crippen molar-refractivity contribution >= 4 is 43.2 Å². The minimum absolute atomic E-state index is 0.279. The van der Waals surface area contributed by atoms with Gasteiger partial charge in [0, 0.05) is 4.88 Å². The Morgan fingerprint density at radius 1 is 0.842 bits per heavy atom. The Labute approximate surface area is 136 Å². The molecule has 0 saturated heterocycles. The van der Waals surface area contributed by atoms with Crippen LogP contribution in [-0.2, 0) is 0 Å². The van der Waals surface area contributed by atoms with Crippen molar-refractivity contribution in [1.82, 2.24) is 0 Å². The van der Waals surface area contributed by atoms with Gasteiger partial charge < -0.3 is 0 Å². The molecule has 1 atom stereocenters. The van der Waals surface area contributed by atoms with Crippen LogP contribution >= 0.6 is 43.2 Å². The highest BCUT2D eigenvalue weighted by Crippen LogP contribution is 2.41. The maximum atomic E-state index is 3.89. The van der Waals surface area contributed by atoms with Gasteiger partial charge in [0.15, 0.2) is 0 Å². The summed E-state index contributed by atoms with van der Waals surface area (Å²) in [6, 6.07) is 4.31. The third-order valence-electron chi connectivity index (χ3n) is 4.16. The predicted molar refractivity (Wildman–Crippen MR) is 92.9 cm³/mol. The number of hydrogen-bond donors (Lipinski definition) is 0. The van der Waals surface area contributed by atoms with Crippen LogP contribution < -0.4 is 0 Å². The minimum Gasteiger partial charge on any atom is -0.132 e. The predicted octanol–water partition coefficient (Wildman–Crippen LogP) is 6.54. The summed E-state index contributed by atoms with van der Waals surface area (Å²) < 4.78 is 1.18. The Kier molecular flexibility index (Phi) is 4.59. The second-order valence-corrected chi connectivity index (χ2v) is 8.45. The van der Waals surface area contributed by atoms with Gasteiger partial charge in [-0.2, -0.15) is 0 Å². The summed E-state index contributed by atoms with van der Waals surface area (Å²) in [6.45, 7) is 11.1. The van der Waals surface area contributed by atoms with E-state index in [1.807, 2.05) is 0 Å². The number of benzene rings is 1. The summed E-state index contributed by atoms with van der Waals surface area (Å²) >= 11 is 9.23. The number of rotatable bonds is 2. The molecule has 0 spiro atoms. The molecule has 0 aliphatic rings. The topological polar surface area (TPSA) is 0 Å². The van der Waals surface area contributed by atoms with Gasteiger partial charge in [0.1, 0.15) is 0 Å². The average molecular weight is 402 g/mol. The van der Waals surface area contributed by atoms with E-state index in [4.69, 9.17) is 0 Å². The molecule has 102 valence electrons. The van der Waals surface area contributed by atoms with Crippen molar-refractivity contribution < 1.29 is 0 Å². The molecule has 0 nitrogen and oxygen atoms in total. The van der Waals surface area contributed by atoms with E-state index >= 15 is 0 Å². The normalized spacial score (nSPS) is 12.8. The van der Waals surface area contributed by atoms with E-state index < -0.39 is 0 Å². The Morgan fingerprint density at radius 3 is 1.74 bits per heavy atom. The van der Waals surface area contributed by atoms with Crippen LogP contribution in [0, 0.1) is 34.6 Å². The van der Waals surface area contributed by atoms with Gasteiger partial charge in [-0.1, -0.05) is 15.9 Å². The molecule has 2 rings (SSSR count). The first-order chi connectivity index (χ1) is 8.84. The molecule has 19 heavy (non-hydrogen) atoms. The van der Waals surface area contributed by atoms with Crippen molar-refractivity contribution in [3.63, 3.8) is 0 Å². The van der Waals surface area contributed by atoms with Gasteiger partial charge in [0.05, 0.1) is 8.61 Å². The van der Waals surface area contributed by atoms with Crippen molar-refractivity contribution in [3.05, 3.63) is 54.2 Å². The van der Waals surface area contributed by atoms with Crippen LogP contribution in [0.5, 0.6) is 0 Å². The molecular weight excluding hydrogens is 384 g/mol. The van der Waals surface area contributed by atoms with Crippen molar-refractivity contribution in [3.8, 4) is 0 Å². The van der Waals surface area contributed by atoms with Gasteiger partial charge in [0.25, 0.3) is 0 Å². The molecule has 0 radical (unpaired) electrons. The molecule has 1 unspecified atom stereocenters. The molecule has 0 saturated carbocycles. The zero-order valence-corrected chi connectivity index (χ0v) is 15.9. The number of thiophene rings is 1. The standard InChI is InChI=1S/C16H18Br2S/c1-8-9(2)11(4)15(12(5)10(8)3)16(18)13-6-7-14(17)19-13/h6-7,16H,1-5H3. The quantitative estimate of drug-likeness (QED) is 0.501. The highest BCUT2D eigenvalue weighted by Gasteiger charge is 2.20. The first kappa shape index (κ1) is 15.3. The van der Waals surface area contributed by atoms with Crippen LogP contribution in [0.4, 0.5) is 0 Å². The molecule has 0 aliphatic heterocycles. The van der Waals surface area contributed by atoms with Crippen LogP contribution in [-0.4, -0.2) is 0 Å². The Bertz CT molecular complexity index is 597. The van der Waals surface area contributed by atoms with Crippen LogP contribution in [0.15, 0.2) is 15.9 Å². The van der Waals surface area contributed by atoms with Crippen LogP contribution in [0.1, 0.15) is 43.1 Å². The van der Waals surface area contributed by atoms with Gasteiger partial charge in [-0.05, 0) is 96.1 Å². The summed E-state index contributed by atoms with van der Waals surface area (Å²) in [5, 5.41) is 0. The monoisotopic (exact) mass is 400 g/mol.